The van der Waals surface area contributed by atoms with E-state index in [-0.39, 0.29) is 11.5 Å². The summed E-state index contributed by atoms with van der Waals surface area (Å²) in [5.74, 6) is 2.25. The van der Waals surface area contributed by atoms with Gasteiger partial charge in [-0.3, -0.25) is 0 Å². The Hall–Kier alpha value is -0.600. The molecule has 0 radical (unpaired) electrons. The topological polar surface area (TPSA) is 69.6 Å². The first-order valence-corrected chi connectivity index (χ1v) is 9.75. The zero-order valence-corrected chi connectivity index (χ0v) is 13.6. The minimum Gasteiger partial charge on any atom is -0.396 e. The van der Waals surface area contributed by atoms with E-state index in [1.54, 1.807) is 24.3 Å². The molecule has 0 spiro atoms. The van der Waals surface area contributed by atoms with Gasteiger partial charge in [-0.05, 0) is 24.1 Å². The van der Waals surface area contributed by atoms with Crippen molar-refractivity contribution >= 4 is 21.8 Å². The molecule has 2 N–H and O–H groups in total. The van der Waals surface area contributed by atoms with Crippen molar-refractivity contribution in [1.29, 1.82) is 0 Å². The number of hydrogen-bond donors (Lipinski definition) is 2. The summed E-state index contributed by atoms with van der Waals surface area (Å²) >= 11 is 1.94. The molecule has 0 saturated carbocycles. The summed E-state index contributed by atoms with van der Waals surface area (Å²) in [5.41, 5.74) is 0.933. The van der Waals surface area contributed by atoms with Crippen LogP contribution in [-0.4, -0.2) is 62.7 Å². The van der Waals surface area contributed by atoms with Crippen LogP contribution in [0.1, 0.15) is 5.56 Å². The third-order valence-corrected chi connectivity index (χ3v) is 5.88. The van der Waals surface area contributed by atoms with E-state index in [0.717, 1.165) is 36.7 Å². The lowest BCUT2D eigenvalue weighted by atomic mass is 10.2. The highest BCUT2D eigenvalue weighted by Gasteiger charge is 2.15. The van der Waals surface area contributed by atoms with E-state index in [1.165, 1.54) is 0 Å². The Morgan fingerprint density at radius 3 is 2.48 bits per heavy atom. The van der Waals surface area contributed by atoms with Crippen molar-refractivity contribution in [3.05, 3.63) is 29.8 Å². The van der Waals surface area contributed by atoms with Gasteiger partial charge in [0.2, 0.25) is 10.0 Å². The molecular formula is C14H22N2O3S2. The Kier molecular flexibility index (Phi) is 6.50. The molecule has 1 aliphatic heterocycles. The number of hydrogen-bond acceptors (Lipinski definition) is 5. The summed E-state index contributed by atoms with van der Waals surface area (Å²) in [7, 11) is -3.44. The predicted molar refractivity (Wildman–Crippen MR) is 86.2 cm³/mol. The highest BCUT2D eigenvalue weighted by Crippen LogP contribution is 2.11. The second-order valence-electron chi connectivity index (χ2n) is 4.97. The molecule has 1 aliphatic rings. The minimum atomic E-state index is -3.44. The largest absolute Gasteiger partial charge is 0.396 e. The standard InChI is InChI=1S/C14H22N2O3S2/c17-10-5-13-1-3-14(4-2-13)21(18,19)15-6-7-16-8-11-20-12-9-16/h1-4,15,17H,5-12H2. The lowest BCUT2D eigenvalue weighted by Gasteiger charge is -2.25. The van der Waals surface area contributed by atoms with Gasteiger partial charge in [0.1, 0.15) is 0 Å². The van der Waals surface area contributed by atoms with Crippen molar-refractivity contribution in [3.63, 3.8) is 0 Å². The molecule has 0 atom stereocenters. The molecule has 1 aromatic carbocycles. The van der Waals surface area contributed by atoms with Gasteiger partial charge in [-0.15, -0.1) is 0 Å². The van der Waals surface area contributed by atoms with Crippen LogP contribution in [0, 0.1) is 0 Å². The van der Waals surface area contributed by atoms with Gasteiger partial charge in [0.25, 0.3) is 0 Å². The highest BCUT2D eigenvalue weighted by molar-refractivity contribution is 7.99. The molecule has 1 fully saturated rings. The normalized spacial score (nSPS) is 17.0. The van der Waals surface area contributed by atoms with Gasteiger partial charge >= 0.3 is 0 Å². The van der Waals surface area contributed by atoms with Gasteiger partial charge in [0.15, 0.2) is 0 Å². The first-order valence-electron chi connectivity index (χ1n) is 7.11. The van der Waals surface area contributed by atoms with Crippen molar-refractivity contribution in [2.75, 3.05) is 44.3 Å². The molecule has 0 unspecified atom stereocenters. The van der Waals surface area contributed by atoms with Crippen LogP contribution in [-0.2, 0) is 16.4 Å². The van der Waals surface area contributed by atoms with E-state index >= 15 is 0 Å². The Balaban J connectivity index is 1.85. The molecule has 0 amide bonds. The number of benzene rings is 1. The van der Waals surface area contributed by atoms with Crippen molar-refractivity contribution in [2.24, 2.45) is 0 Å². The third-order valence-electron chi connectivity index (χ3n) is 3.46. The fourth-order valence-electron chi connectivity index (χ4n) is 2.21. The second-order valence-corrected chi connectivity index (χ2v) is 7.96. The van der Waals surface area contributed by atoms with Crippen LogP contribution in [0.3, 0.4) is 0 Å². The summed E-state index contributed by atoms with van der Waals surface area (Å²) in [4.78, 5) is 2.56. The van der Waals surface area contributed by atoms with E-state index in [1.807, 2.05) is 11.8 Å². The zero-order valence-electron chi connectivity index (χ0n) is 12.0. The molecule has 1 saturated heterocycles. The van der Waals surface area contributed by atoms with Gasteiger partial charge in [-0.1, -0.05) is 12.1 Å². The summed E-state index contributed by atoms with van der Waals surface area (Å²) in [5, 5.41) is 8.85. The smallest absolute Gasteiger partial charge is 0.240 e. The average Bonchev–Trinajstić information content (AvgIpc) is 2.49. The van der Waals surface area contributed by atoms with E-state index in [9.17, 15) is 8.42 Å². The Bertz CT molecular complexity index is 526. The van der Waals surface area contributed by atoms with Crippen LogP contribution < -0.4 is 4.72 Å². The summed E-state index contributed by atoms with van der Waals surface area (Å²) in [6.45, 7) is 3.32. The molecule has 118 valence electrons. The monoisotopic (exact) mass is 330 g/mol. The van der Waals surface area contributed by atoms with E-state index < -0.39 is 10.0 Å². The van der Waals surface area contributed by atoms with Crippen molar-refractivity contribution in [3.8, 4) is 0 Å². The van der Waals surface area contributed by atoms with Crippen LogP contribution in [0.5, 0.6) is 0 Å². The number of nitrogens with zero attached hydrogens (tertiary/aromatic N) is 1. The number of aliphatic hydroxyl groups is 1. The van der Waals surface area contributed by atoms with Crippen LogP contribution in [0.4, 0.5) is 0 Å². The fourth-order valence-corrected chi connectivity index (χ4v) is 4.21. The van der Waals surface area contributed by atoms with Gasteiger partial charge in [-0.25, -0.2) is 13.1 Å². The van der Waals surface area contributed by atoms with Crippen LogP contribution in [0.2, 0.25) is 0 Å². The van der Waals surface area contributed by atoms with E-state index in [4.69, 9.17) is 5.11 Å². The molecule has 21 heavy (non-hydrogen) atoms. The summed E-state index contributed by atoms with van der Waals surface area (Å²) in [6.07, 6.45) is 0.542. The zero-order chi connectivity index (χ0) is 15.1. The summed E-state index contributed by atoms with van der Waals surface area (Å²) in [6, 6.07) is 6.66. The Morgan fingerprint density at radius 2 is 1.86 bits per heavy atom. The SMILES string of the molecule is O=S(=O)(NCCN1CCSCC1)c1ccc(CCO)cc1. The molecule has 7 heteroatoms. The van der Waals surface area contributed by atoms with Gasteiger partial charge in [-0.2, -0.15) is 11.8 Å². The maximum Gasteiger partial charge on any atom is 0.240 e. The predicted octanol–water partition coefficient (Wildman–Crippen LogP) is 0.548. The second kappa shape index (κ2) is 8.14. The molecule has 2 rings (SSSR count). The van der Waals surface area contributed by atoms with Gasteiger partial charge < -0.3 is 10.0 Å². The number of aliphatic hydroxyl groups excluding tert-OH is 1. The minimum absolute atomic E-state index is 0.0679. The third kappa shape index (κ3) is 5.27. The fraction of sp³-hybridized carbons (Fsp3) is 0.571. The number of thioether (sulfide) groups is 1. The van der Waals surface area contributed by atoms with Gasteiger partial charge in [0.05, 0.1) is 4.90 Å². The lowest BCUT2D eigenvalue weighted by Crippen LogP contribution is -2.39. The molecule has 0 aliphatic carbocycles. The maximum absolute atomic E-state index is 12.2. The molecule has 1 aromatic rings. The van der Waals surface area contributed by atoms with Gasteiger partial charge in [0, 0.05) is 44.3 Å². The number of rotatable bonds is 7. The average molecular weight is 330 g/mol. The van der Waals surface area contributed by atoms with Crippen molar-refractivity contribution in [2.45, 2.75) is 11.3 Å². The van der Waals surface area contributed by atoms with Crippen molar-refractivity contribution in [1.82, 2.24) is 9.62 Å². The number of nitrogens with one attached hydrogen (secondary N) is 1. The maximum atomic E-state index is 12.2. The quantitative estimate of drug-likeness (QED) is 0.764. The first-order chi connectivity index (χ1) is 10.1. The Morgan fingerprint density at radius 1 is 1.19 bits per heavy atom. The Labute approximate surface area is 130 Å². The molecule has 0 bridgehead atoms. The van der Waals surface area contributed by atoms with Crippen LogP contribution in [0.25, 0.3) is 0 Å². The first kappa shape index (κ1) is 16.8. The number of sulfonamides is 1. The molecule has 0 aromatic heterocycles. The molecule has 5 nitrogen and oxygen atoms in total. The summed E-state index contributed by atoms with van der Waals surface area (Å²) < 4.78 is 27.0. The van der Waals surface area contributed by atoms with E-state index in [2.05, 4.69) is 9.62 Å². The molecular weight excluding hydrogens is 308 g/mol. The van der Waals surface area contributed by atoms with Crippen molar-refractivity contribution < 1.29 is 13.5 Å². The van der Waals surface area contributed by atoms with Crippen LogP contribution >= 0.6 is 11.8 Å². The van der Waals surface area contributed by atoms with E-state index in [0.29, 0.717) is 13.0 Å². The molecule has 1 heterocycles. The lowest BCUT2D eigenvalue weighted by molar-refractivity contribution is 0.299. The highest BCUT2D eigenvalue weighted by atomic mass is 32.2. The van der Waals surface area contributed by atoms with Crippen LogP contribution in [0.15, 0.2) is 29.2 Å².